The molecule has 1 aromatic rings. The first-order valence-corrected chi connectivity index (χ1v) is 6.62. The van der Waals surface area contributed by atoms with Crippen molar-refractivity contribution < 1.29 is 4.42 Å². The standard InChI is InChI=1S/C13H24N4O.HI/c1-5-7-8-15-13(14-6-2)16-9-12-17-10(3)11(4)18-12;/h5-9H2,1-4H3,(H2,14,15,16);1H. The molecule has 0 aliphatic heterocycles. The summed E-state index contributed by atoms with van der Waals surface area (Å²) < 4.78 is 5.49. The molecule has 0 aromatic carbocycles. The summed E-state index contributed by atoms with van der Waals surface area (Å²) >= 11 is 0. The molecule has 6 heteroatoms. The van der Waals surface area contributed by atoms with Gasteiger partial charge in [0.2, 0.25) is 5.89 Å². The predicted octanol–water partition coefficient (Wildman–Crippen LogP) is 2.76. The number of aliphatic imine (C=N–C) groups is 1. The molecular weight excluding hydrogens is 355 g/mol. The van der Waals surface area contributed by atoms with Gasteiger partial charge in [-0.05, 0) is 27.2 Å². The minimum atomic E-state index is 0. The molecule has 0 saturated heterocycles. The van der Waals surface area contributed by atoms with Gasteiger partial charge >= 0.3 is 0 Å². The van der Waals surface area contributed by atoms with Crippen molar-refractivity contribution in [3.05, 3.63) is 17.3 Å². The van der Waals surface area contributed by atoms with Crippen LogP contribution in [0.15, 0.2) is 9.41 Å². The Hall–Kier alpha value is -0.790. The lowest BCUT2D eigenvalue weighted by atomic mass is 10.3. The summed E-state index contributed by atoms with van der Waals surface area (Å²) in [5.41, 5.74) is 0.934. The van der Waals surface area contributed by atoms with Gasteiger partial charge in [-0.1, -0.05) is 13.3 Å². The lowest BCUT2D eigenvalue weighted by Gasteiger charge is -2.09. The van der Waals surface area contributed by atoms with Gasteiger partial charge in [0, 0.05) is 13.1 Å². The van der Waals surface area contributed by atoms with Crippen LogP contribution in [0.2, 0.25) is 0 Å². The first-order valence-electron chi connectivity index (χ1n) is 6.62. The molecule has 0 bridgehead atoms. The van der Waals surface area contributed by atoms with Crippen molar-refractivity contribution in [3.63, 3.8) is 0 Å². The summed E-state index contributed by atoms with van der Waals surface area (Å²) in [5, 5.41) is 6.49. The average molecular weight is 380 g/mol. The zero-order valence-corrected chi connectivity index (χ0v) is 14.6. The third kappa shape index (κ3) is 6.79. The largest absolute Gasteiger partial charge is 0.444 e. The number of rotatable bonds is 6. The van der Waals surface area contributed by atoms with Crippen molar-refractivity contribution in [3.8, 4) is 0 Å². The van der Waals surface area contributed by atoms with E-state index in [9.17, 15) is 0 Å². The summed E-state index contributed by atoms with van der Waals surface area (Å²) in [6.45, 7) is 10.3. The molecule has 1 heterocycles. The summed E-state index contributed by atoms with van der Waals surface area (Å²) in [6, 6.07) is 0. The summed E-state index contributed by atoms with van der Waals surface area (Å²) in [6.07, 6.45) is 2.31. The summed E-state index contributed by atoms with van der Waals surface area (Å²) in [4.78, 5) is 8.76. The minimum Gasteiger partial charge on any atom is -0.444 e. The van der Waals surface area contributed by atoms with E-state index in [1.807, 2.05) is 13.8 Å². The van der Waals surface area contributed by atoms with E-state index in [0.717, 1.165) is 36.9 Å². The maximum atomic E-state index is 5.49. The molecule has 0 spiro atoms. The third-order valence-corrected chi connectivity index (χ3v) is 2.61. The Morgan fingerprint density at radius 2 is 2.00 bits per heavy atom. The van der Waals surface area contributed by atoms with Crippen molar-refractivity contribution in [1.29, 1.82) is 0 Å². The van der Waals surface area contributed by atoms with Crippen LogP contribution in [0, 0.1) is 13.8 Å². The van der Waals surface area contributed by atoms with Crippen LogP contribution >= 0.6 is 24.0 Å². The van der Waals surface area contributed by atoms with Crippen LogP contribution in [0.3, 0.4) is 0 Å². The first-order chi connectivity index (χ1) is 8.67. The molecule has 0 aliphatic rings. The van der Waals surface area contributed by atoms with Crippen LogP contribution in [0.1, 0.15) is 44.0 Å². The SMILES string of the molecule is CCCCNC(=NCc1nc(C)c(C)o1)NCC.I. The fraction of sp³-hybridized carbons (Fsp3) is 0.692. The van der Waals surface area contributed by atoms with E-state index in [0.29, 0.717) is 12.4 Å². The number of unbranched alkanes of at least 4 members (excludes halogenated alkanes) is 1. The lowest BCUT2D eigenvalue weighted by Crippen LogP contribution is -2.37. The molecule has 1 aromatic heterocycles. The van der Waals surface area contributed by atoms with Crippen LogP contribution in [-0.2, 0) is 6.54 Å². The minimum absolute atomic E-state index is 0. The maximum Gasteiger partial charge on any atom is 0.216 e. The Morgan fingerprint density at radius 3 is 2.53 bits per heavy atom. The number of aromatic nitrogens is 1. The van der Waals surface area contributed by atoms with Gasteiger partial charge in [-0.3, -0.25) is 0 Å². The smallest absolute Gasteiger partial charge is 0.216 e. The Labute approximate surface area is 132 Å². The van der Waals surface area contributed by atoms with Gasteiger partial charge in [-0.15, -0.1) is 24.0 Å². The Bertz CT molecular complexity index is 370. The molecule has 0 unspecified atom stereocenters. The molecule has 110 valence electrons. The van der Waals surface area contributed by atoms with E-state index in [2.05, 4.69) is 34.5 Å². The van der Waals surface area contributed by atoms with Gasteiger partial charge in [0.05, 0.1) is 5.69 Å². The van der Waals surface area contributed by atoms with Gasteiger partial charge in [0.15, 0.2) is 5.96 Å². The van der Waals surface area contributed by atoms with E-state index in [-0.39, 0.29) is 24.0 Å². The Morgan fingerprint density at radius 1 is 1.26 bits per heavy atom. The second-order valence-electron chi connectivity index (χ2n) is 4.22. The van der Waals surface area contributed by atoms with E-state index in [4.69, 9.17) is 4.42 Å². The molecule has 1 rings (SSSR count). The quantitative estimate of drug-likeness (QED) is 0.345. The predicted molar refractivity (Wildman–Crippen MR) is 89.1 cm³/mol. The topological polar surface area (TPSA) is 62.5 Å². The number of hydrogen-bond donors (Lipinski definition) is 2. The van der Waals surface area contributed by atoms with Gasteiger partial charge < -0.3 is 15.1 Å². The highest BCUT2D eigenvalue weighted by Crippen LogP contribution is 2.08. The molecule has 19 heavy (non-hydrogen) atoms. The molecule has 0 aliphatic carbocycles. The summed E-state index contributed by atoms with van der Waals surface area (Å²) in [5.74, 6) is 2.35. The second-order valence-corrected chi connectivity index (χ2v) is 4.22. The van der Waals surface area contributed by atoms with Crippen molar-refractivity contribution in [2.24, 2.45) is 4.99 Å². The molecule has 0 saturated carbocycles. The van der Waals surface area contributed by atoms with Crippen molar-refractivity contribution in [2.45, 2.75) is 47.1 Å². The fourth-order valence-corrected chi connectivity index (χ4v) is 1.48. The highest BCUT2D eigenvalue weighted by Gasteiger charge is 2.05. The van der Waals surface area contributed by atoms with E-state index < -0.39 is 0 Å². The second kappa shape index (κ2) is 10.1. The van der Waals surface area contributed by atoms with Gasteiger partial charge in [-0.2, -0.15) is 0 Å². The normalized spacial score (nSPS) is 11.1. The Kier molecular flexibility index (Phi) is 9.63. The maximum absolute atomic E-state index is 5.49. The molecule has 0 radical (unpaired) electrons. The van der Waals surface area contributed by atoms with Crippen LogP contribution < -0.4 is 10.6 Å². The van der Waals surface area contributed by atoms with Crippen molar-refractivity contribution >= 4 is 29.9 Å². The van der Waals surface area contributed by atoms with Crippen LogP contribution in [0.4, 0.5) is 0 Å². The fourth-order valence-electron chi connectivity index (χ4n) is 1.48. The monoisotopic (exact) mass is 380 g/mol. The number of hydrogen-bond acceptors (Lipinski definition) is 3. The molecule has 5 nitrogen and oxygen atoms in total. The van der Waals surface area contributed by atoms with E-state index in [1.54, 1.807) is 0 Å². The molecule has 0 fully saturated rings. The zero-order valence-electron chi connectivity index (χ0n) is 12.2. The van der Waals surface area contributed by atoms with Gasteiger partial charge in [0.1, 0.15) is 12.3 Å². The van der Waals surface area contributed by atoms with E-state index in [1.165, 1.54) is 6.42 Å². The third-order valence-electron chi connectivity index (χ3n) is 2.61. The average Bonchev–Trinajstić information content (AvgIpc) is 2.66. The number of halogens is 1. The Balaban J connectivity index is 0.00000324. The van der Waals surface area contributed by atoms with Crippen LogP contribution in [-0.4, -0.2) is 24.0 Å². The lowest BCUT2D eigenvalue weighted by molar-refractivity contribution is 0.472. The number of nitrogens with zero attached hydrogens (tertiary/aromatic N) is 2. The van der Waals surface area contributed by atoms with Crippen LogP contribution in [0.25, 0.3) is 0 Å². The highest BCUT2D eigenvalue weighted by atomic mass is 127. The van der Waals surface area contributed by atoms with Crippen LogP contribution in [0.5, 0.6) is 0 Å². The summed E-state index contributed by atoms with van der Waals surface area (Å²) in [7, 11) is 0. The molecule has 0 amide bonds. The number of nitrogens with one attached hydrogen (secondary N) is 2. The van der Waals surface area contributed by atoms with Gasteiger partial charge in [0.25, 0.3) is 0 Å². The zero-order chi connectivity index (χ0) is 13.4. The van der Waals surface area contributed by atoms with Crippen molar-refractivity contribution in [2.75, 3.05) is 13.1 Å². The highest BCUT2D eigenvalue weighted by molar-refractivity contribution is 14.0. The molecule has 0 atom stereocenters. The molecule has 2 N–H and O–H groups in total. The molecular formula is C13H25IN4O. The number of guanidine groups is 1. The first kappa shape index (κ1) is 18.2. The van der Waals surface area contributed by atoms with E-state index >= 15 is 0 Å². The number of oxazole rings is 1. The number of aryl methyl sites for hydroxylation is 2. The van der Waals surface area contributed by atoms with Crippen molar-refractivity contribution in [1.82, 2.24) is 15.6 Å². The van der Waals surface area contributed by atoms with Gasteiger partial charge in [-0.25, -0.2) is 9.98 Å².